The van der Waals surface area contributed by atoms with Crippen molar-refractivity contribution in [2.75, 3.05) is 33.2 Å². The fraction of sp³-hybridized carbons (Fsp3) is 0.556. The van der Waals surface area contributed by atoms with Crippen LogP contribution in [0.25, 0.3) is 0 Å². The van der Waals surface area contributed by atoms with E-state index in [9.17, 15) is 9.59 Å². The van der Waals surface area contributed by atoms with Gasteiger partial charge < -0.3 is 9.59 Å². The van der Waals surface area contributed by atoms with E-state index in [2.05, 4.69) is 9.98 Å². The van der Waals surface area contributed by atoms with Crippen LogP contribution in [0.3, 0.4) is 0 Å². The van der Waals surface area contributed by atoms with Gasteiger partial charge in [-0.2, -0.15) is 0 Å². The number of hydrogen-bond acceptors (Lipinski definition) is 5. The molecule has 5 nitrogen and oxygen atoms in total. The molecule has 14 heavy (non-hydrogen) atoms. The highest BCUT2D eigenvalue weighted by molar-refractivity contribution is 5.66. The van der Waals surface area contributed by atoms with Crippen molar-refractivity contribution in [2.24, 2.45) is 9.98 Å². The lowest BCUT2D eigenvalue weighted by atomic mass is 10.5. The van der Waals surface area contributed by atoms with Crippen molar-refractivity contribution in [1.29, 1.82) is 0 Å². The van der Waals surface area contributed by atoms with Crippen molar-refractivity contribution < 1.29 is 9.59 Å². The monoisotopic (exact) mass is 197 g/mol. The van der Waals surface area contributed by atoms with Crippen LogP contribution in [0.4, 0.5) is 0 Å². The molecule has 0 aliphatic carbocycles. The van der Waals surface area contributed by atoms with Gasteiger partial charge in [-0.05, 0) is 7.05 Å². The fourth-order valence-electron chi connectivity index (χ4n) is 0.704. The van der Waals surface area contributed by atoms with Crippen LogP contribution in [-0.4, -0.2) is 63.1 Å². The predicted octanol–water partition coefficient (Wildman–Crippen LogP) is -0.542. The molecule has 0 unspecified atom stereocenters. The van der Waals surface area contributed by atoms with Gasteiger partial charge in [0.15, 0.2) is 0 Å². The van der Waals surface area contributed by atoms with Gasteiger partial charge in [-0.25, -0.2) is 0 Å². The van der Waals surface area contributed by atoms with Crippen LogP contribution in [0.1, 0.15) is 0 Å². The van der Waals surface area contributed by atoms with Crippen molar-refractivity contribution in [1.82, 2.24) is 4.90 Å². The maximum absolute atomic E-state index is 9.91. The molecule has 0 heterocycles. The minimum absolute atomic E-state index is 0.215. The number of rotatable bonds is 8. The van der Waals surface area contributed by atoms with E-state index in [-0.39, 0.29) is 13.1 Å². The normalized spacial score (nSPS) is 11.6. The standard InChI is InChI=1S/C9H15N3O2/c1-12(6-2-10-4-8-13)7-3-11-5-9-14/h2-3,8-9H,4-7H2,1H3. The second-order valence-electron chi connectivity index (χ2n) is 2.65. The lowest BCUT2D eigenvalue weighted by Gasteiger charge is -2.09. The topological polar surface area (TPSA) is 62.1 Å². The van der Waals surface area contributed by atoms with Crippen LogP contribution in [0, 0.1) is 0 Å². The number of carbonyl (C=O) groups excluding carboxylic acids is 2. The Morgan fingerprint density at radius 2 is 1.43 bits per heavy atom. The Hall–Kier alpha value is -1.36. The first-order chi connectivity index (χ1) is 6.81. The summed E-state index contributed by atoms with van der Waals surface area (Å²) in [5.74, 6) is 0. The zero-order valence-electron chi connectivity index (χ0n) is 8.30. The third-order valence-corrected chi connectivity index (χ3v) is 1.40. The summed E-state index contributed by atoms with van der Waals surface area (Å²) in [5, 5.41) is 0. The van der Waals surface area contributed by atoms with Gasteiger partial charge in [-0.1, -0.05) is 0 Å². The maximum Gasteiger partial charge on any atom is 0.141 e. The lowest BCUT2D eigenvalue weighted by Crippen LogP contribution is -2.22. The van der Waals surface area contributed by atoms with Gasteiger partial charge in [-0.15, -0.1) is 0 Å². The highest BCUT2D eigenvalue weighted by Crippen LogP contribution is 1.77. The molecule has 0 aromatic carbocycles. The second-order valence-corrected chi connectivity index (χ2v) is 2.65. The molecule has 0 aromatic rings. The van der Waals surface area contributed by atoms with E-state index in [4.69, 9.17) is 0 Å². The smallest absolute Gasteiger partial charge is 0.141 e. The second kappa shape index (κ2) is 9.73. The minimum Gasteiger partial charge on any atom is -0.301 e. The molecule has 0 saturated carbocycles. The van der Waals surface area contributed by atoms with Crippen LogP contribution in [0.15, 0.2) is 9.98 Å². The number of hydrogen-bond donors (Lipinski definition) is 0. The molecule has 0 aromatic heterocycles. The summed E-state index contributed by atoms with van der Waals surface area (Å²) in [6, 6.07) is 0. The fourth-order valence-corrected chi connectivity index (χ4v) is 0.704. The van der Waals surface area contributed by atoms with Crippen molar-refractivity contribution >= 4 is 25.0 Å². The van der Waals surface area contributed by atoms with E-state index in [0.717, 1.165) is 12.6 Å². The van der Waals surface area contributed by atoms with E-state index in [0.29, 0.717) is 13.1 Å². The van der Waals surface area contributed by atoms with Crippen molar-refractivity contribution in [2.45, 2.75) is 0 Å². The number of aliphatic imine (C=N–C) groups is 2. The van der Waals surface area contributed by atoms with Gasteiger partial charge >= 0.3 is 0 Å². The molecule has 0 saturated heterocycles. The van der Waals surface area contributed by atoms with Crippen LogP contribution < -0.4 is 0 Å². The molecule has 0 radical (unpaired) electrons. The molecular formula is C9H15N3O2. The first kappa shape index (κ1) is 12.6. The highest BCUT2D eigenvalue weighted by atomic mass is 16.1. The number of aldehydes is 2. The van der Waals surface area contributed by atoms with Crippen molar-refractivity contribution in [3.8, 4) is 0 Å². The summed E-state index contributed by atoms with van der Waals surface area (Å²) in [5.41, 5.74) is 0. The van der Waals surface area contributed by atoms with Gasteiger partial charge in [0.2, 0.25) is 0 Å². The molecule has 0 spiro atoms. The Labute approximate surface area is 83.5 Å². The molecule has 5 heteroatoms. The summed E-state index contributed by atoms with van der Waals surface area (Å²) in [6.07, 6.45) is 4.87. The van der Waals surface area contributed by atoms with Crippen LogP contribution in [0.2, 0.25) is 0 Å². The SMILES string of the molecule is CN(CC=NCC=O)CC=NCC=O. The molecule has 0 amide bonds. The average molecular weight is 197 g/mol. The molecule has 0 bridgehead atoms. The Balaban J connectivity index is 3.49. The molecule has 78 valence electrons. The molecule has 0 atom stereocenters. The maximum atomic E-state index is 9.91. The molecule has 0 N–H and O–H groups in total. The zero-order chi connectivity index (χ0) is 10.6. The van der Waals surface area contributed by atoms with E-state index < -0.39 is 0 Å². The summed E-state index contributed by atoms with van der Waals surface area (Å²) in [6.45, 7) is 1.77. The van der Waals surface area contributed by atoms with E-state index >= 15 is 0 Å². The number of carbonyl (C=O) groups is 2. The lowest BCUT2D eigenvalue weighted by molar-refractivity contribution is -0.107. The van der Waals surface area contributed by atoms with Crippen molar-refractivity contribution in [3.63, 3.8) is 0 Å². The first-order valence-electron chi connectivity index (χ1n) is 4.33. The van der Waals surface area contributed by atoms with Gasteiger partial charge in [0, 0.05) is 25.5 Å². The van der Waals surface area contributed by atoms with Crippen LogP contribution in [-0.2, 0) is 9.59 Å². The Bertz CT molecular complexity index is 192. The molecule has 0 rings (SSSR count). The molecular weight excluding hydrogens is 182 g/mol. The first-order valence-corrected chi connectivity index (χ1v) is 4.33. The predicted molar refractivity (Wildman–Crippen MR) is 56.3 cm³/mol. The van der Waals surface area contributed by atoms with Gasteiger partial charge in [0.05, 0.1) is 13.1 Å². The molecule has 0 aliphatic rings. The largest absolute Gasteiger partial charge is 0.301 e. The Morgan fingerprint density at radius 1 is 1.00 bits per heavy atom. The third kappa shape index (κ3) is 8.73. The molecule has 0 fully saturated rings. The molecule has 0 aliphatic heterocycles. The van der Waals surface area contributed by atoms with Gasteiger partial charge in [0.25, 0.3) is 0 Å². The van der Waals surface area contributed by atoms with Crippen molar-refractivity contribution in [3.05, 3.63) is 0 Å². The third-order valence-electron chi connectivity index (χ3n) is 1.40. The quantitative estimate of drug-likeness (QED) is 0.388. The van der Waals surface area contributed by atoms with Crippen LogP contribution >= 0.6 is 0 Å². The minimum atomic E-state index is 0.215. The van der Waals surface area contributed by atoms with E-state index in [1.54, 1.807) is 12.4 Å². The van der Waals surface area contributed by atoms with Gasteiger partial charge in [0.1, 0.15) is 12.6 Å². The Morgan fingerprint density at radius 3 is 1.79 bits per heavy atom. The summed E-state index contributed by atoms with van der Waals surface area (Å²) in [7, 11) is 1.90. The van der Waals surface area contributed by atoms with Gasteiger partial charge in [-0.3, -0.25) is 14.9 Å². The summed E-state index contributed by atoms with van der Waals surface area (Å²) < 4.78 is 0. The average Bonchev–Trinajstić information content (AvgIpc) is 2.19. The summed E-state index contributed by atoms with van der Waals surface area (Å²) in [4.78, 5) is 29.5. The number of nitrogens with zero attached hydrogens (tertiary/aromatic N) is 3. The van der Waals surface area contributed by atoms with E-state index in [1.807, 2.05) is 11.9 Å². The van der Waals surface area contributed by atoms with E-state index in [1.165, 1.54) is 0 Å². The van der Waals surface area contributed by atoms with Crippen LogP contribution in [0.5, 0.6) is 0 Å². The summed E-state index contributed by atoms with van der Waals surface area (Å²) >= 11 is 0. The Kier molecular flexibility index (Phi) is 8.78. The zero-order valence-corrected chi connectivity index (χ0v) is 8.30. The highest BCUT2D eigenvalue weighted by Gasteiger charge is 1.90.